The first-order chi connectivity index (χ1) is 16.7. The summed E-state index contributed by atoms with van der Waals surface area (Å²) in [4.78, 5) is 64.4. The Morgan fingerprint density at radius 3 is 2.17 bits per heavy atom. The van der Waals surface area contributed by atoms with Crippen LogP contribution in [0.2, 0.25) is 0 Å². The fourth-order valence-electron chi connectivity index (χ4n) is 4.02. The van der Waals surface area contributed by atoms with Crippen LogP contribution in [0, 0.1) is 5.92 Å². The van der Waals surface area contributed by atoms with E-state index in [9.17, 15) is 29.1 Å². The maximum absolute atomic E-state index is 13.4. The van der Waals surface area contributed by atoms with Crippen LogP contribution < -0.4 is 5.32 Å². The molecule has 0 unspecified atom stereocenters. The minimum atomic E-state index is -1.66. The molecule has 2 N–H and O–H groups in total. The highest BCUT2D eigenvalue weighted by atomic mass is 16.4. The van der Waals surface area contributed by atoms with Crippen LogP contribution in [-0.4, -0.2) is 63.5 Å². The summed E-state index contributed by atoms with van der Waals surface area (Å²) < 4.78 is 0. The van der Waals surface area contributed by atoms with Crippen LogP contribution in [0.3, 0.4) is 0 Å². The van der Waals surface area contributed by atoms with Gasteiger partial charge in [-0.05, 0) is 17.0 Å². The molecule has 0 saturated heterocycles. The minimum absolute atomic E-state index is 0.0133. The van der Waals surface area contributed by atoms with E-state index in [1.807, 2.05) is 0 Å². The summed E-state index contributed by atoms with van der Waals surface area (Å²) in [6.45, 7) is 3.13. The van der Waals surface area contributed by atoms with Gasteiger partial charge in [-0.15, -0.1) is 0 Å². The van der Waals surface area contributed by atoms with Gasteiger partial charge in [-0.25, -0.2) is 4.79 Å². The molecule has 1 aliphatic rings. The van der Waals surface area contributed by atoms with Crippen LogP contribution in [0.4, 0.5) is 0 Å². The Kier molecular flexibility index (Phi) is 8.14. The van der Waals surface area contributed by atoms with Crippen LogP contribution in [0.15, 0.2) is 66.9 Å². The molecule has 2 atom stereocenters. The Labute approximate surface area is 203 Å². The van der Waals surface area contributed by atoms with Gasteiger partial charge in [-0.2, -0.15) is 0 Å². The van der Waals surface area contributed by atoms with E-state index in [2.05, 4.69) is 5.32 Å². The van der Waals surface area contributed by atoms with E-state index in [1.165, 1.54) is 16.0 Å². The van der Waals surface area contributed by atoms with Gasteiger partial charge in [0.1, 0.15) is 18.6 Å². The van der Waals surface area contributed by atoms with E-state index >= 15 is 0 Å². The topological polar surface area (TPSA) is 124 Å². The van der Waals surface area contributed by atoms with Gasteiger partial charge in [0.25, 0.3) is 11.7 Å². The van der Waals surface area contributed by atoms with E-state index in [-0.39, 0.29) is 12.3 Å². The molecule has 0 spiro atoms. The Morgan fingerprint density at radius 2 is 1.63 bits per heavy atom. The Morgan fingerprint density at radius 1 is 1.03 bits per heavy atom. The van der Waals surface area contributed by atoms with Gasteiger partial charge in [0, 0.05) is 12.6 Å². The van der Waals surface area contributed by atoms with Gasteiger partial charge in [-0.3, -0.25) is 24.1 Å². The highest BCUT2D eigenvalue weighted by Crippen LogP contribution is 2.29. The summed E-state index contributed by atoms with van der Waals surface area (Å²) in [5.74, 6) is -4.19. The van der Waals surface area contributed by atoms with E-state index in [4.69, 9.17) is 0 Å². The second-order valence-electron chi connectivity index (χ2n) is 8.53. The number of carboxylic acids is 1. The highest BCUT2D eigenvalue weighted by molar-refractivity contribution is 6.35. The van der Waals surface area contributed by atoms with E-state index in [0.29, 0.717) is 23.2 Å². The summed E-state index contributed by atoms with van der Waals surface area (Å²) in [5, 5.41) is 11.7. The molecule has 3 amide bonds. The number of carbonyl (C=O) groups excluding carboxylic acids is 4. The van der Waals surface area contributed by atoms with E-state index in [1.54, 1.807) is 74.5 Å². The molecule has 9 nitrogen and oxygen atoms in total. The van der Waals surface area contributed by atoms with Crippen molar-refractivity contribution in [2.24, 2.45) is 5.92 Å². The van der Waals surface area contributed by atoms with Crippen LogP contribution in [0.25, 0.3) is 5.70 Å². The van der Waals surface area contributed by atoms with Crippen LogP contribution in [-0.2, 0) is 30.4 Å². The molecule has 0 aliphatic carbocycles. The van der Waals surface area contributed by atoms with E-state index in [0.717, 1.165) is 0 Å². The quantitative estimate of drug-likeness (QED) is 0.396. The van der Waals surface area contributed by atoms with Crippen molar-refractivity contribution in [1.29, 1.82) is 0 Å². The largest absolute Gasteiger partial charge is 0.475 e. The molecule has 3 rings (SSSR count). The smallest absolute Gasteiger partial charge is 0.374 e. The zero-order valence-electron chi connectivity index (χ0n) is 19.5. The molecule has 2 aromatic rings. The predicted molar refractivity (Wildman–Crippen MR) is 127 cm³/mol. The first-order valence-electron chi connectivity index (χ1n) is 11.1. The van der Waals surface area contributed by atoms with Crippen LogP contribution in [0.5, 0.6) is 0 Å². The van der Waals surface area contributed by atoms with Gasteiger partial charge in [-0.1, -0.05) is 74.5 Å². The maximum atomic E-state index is 13.4. The number of Topliss-reactive ketones (excluding diaryl/α,β-unsaturated/α-hetero) is 1. The number of amides is 3. The average molecular weight is 478 g/mol. The lowest BCUT2D eigenvalue weighted by molar-refractivity contribution is -0.150. The molecule has 2 aromatic carbocycles. The summed E-state index contributed by atoms with van der Waals surface area (Å²) in [6.07, 6.45) is 2.08. The predicted octanol–water partition coefficient (Wildman–Crippen LogP) is 1.69. The number of benzene rings is 2. The summed E-state index contributed by atoms with van der Waals surface area (Å²) in [5.41, 5.74) is 1.64. The highest BCUT2D eigenvalue weighted by Gasteiger charge is 2.39. The number of rotatable bonds is 10. The van der Waals surface area contributed by atoms with Crippen molar-refractivity contribution in [2.75, 3.05) is 6.54 Å². The summed E-state index contributed by atoms with van der Waals surface area (Å²) >= 11 is 0. The summed E-state index contributed by atoms with van der Waals surface area (Å²) in [7, 11) is 0. The van der Waals surface area contributed by atoms with Gasteiger partial charge in [0.05, 0.1) is 5.70 Å². The third-order valence-electron chi connectivity index (χ3n) is 5.67. The number of hydrogen-bond donors (Lipinski definition) is 2. The summed E-state index contributed by atoms with van der Waals surface area (Å²) in [6, 6.07) is 15.4. The zero-order chi connectivity index (χ0) is 25.5. The fourth-order valence-corrected chi connectivity index (χ4v) is 4.02. The normalized spacial score (nSPS) is 16.5. The molecule has 9 heteroatoms. The van der Waals surface area contributed by atoms with Crippen molar-refractivity contribution < 1.29 is 29.1 Å². The number of nitrogens with one attached hydrogen (secondary N) is 1. The van der Waals surface area contributed by atoms with Gasteiger partial charge >= 0.3 is 5.97 Å². The maximum Gasteiger partial charge on any atom is 0.374 e. The third-order valence-corrected chi connectivity index (χ3v) is 5.67. The number of hydrogen-bond acceptors (Lipinski definition) is 5. The van der Waals surface area contributed by atoms with Gasteiger partial charge in [0.15, 0.2) is 0 Å². The van der Waals surface area contributed by atoms with Crippen molar-refractivity contribution in [1.82, 2.24) is 15.1 Å². The lowest BCUT2D eigenvalue weighted by Crippen LogP contribution is -2.55. The Hall–Kier alpha value is -4.27. The lowest BCUT2D eigenvalue weighted by Gasteiger charge is -2.39. The second kappa shape index (κ2) is 11.2. The minimum Gasteiger partial charge on any atom is -0.475 e. The third kappa shape index (κ3) is 6.00. The fraction of sp³-hybridized carbons (Fsp3) is 0.269. The van der Waals surface area contributed by atoms with Crippen molar-refractivity contribution in [2.45, 2.75) is 32.4 Å². The molecule has 0 bridgehead atoms. The first-order valence-corrected chi connectivity index (χ1v) is 11.1. The molecule has 0 aromatic heterocycles. The SMILES string of the molecule is CC(C)[C@H]1C(=O)N(CC(=O)N[C@@H](Cc2ccccc2)C(=O)C(=O)O)C(c2ccccc2)=CN1C=O. The van der Waals surface area contributed by atoms with Crippen molar-refractivity contribution in [3.63, 3.8) is 0 Å². The average Bonchev–Trinajstić information content (AvgIpc) is 2.84. The molecule has 0 radical (unpaired) electrons. The zero-order valence-corrected chi connectivity index (χ0v) is 19.5. The molecule has 1 aliphatic heterocycles. The Balaban J connectivity index is 1.89. The van der Waals surface area contributed by atoms with Crippen molar-refractivity contribution in [3.8, 4) is 0 Å². The molecular weight excluding hydrogens is 450 g/mol. The number of carbonyl (C=O) groups is 5. The van der Waals surface area contributed by atoms with Crippen LogP contribution >= 0.6 is 0 Å². The number of ketones is 1. The van der Waals surface area contributed by atoms with Gasteiger partial charge in [0.2, 0.25) is 12.3 Å². The first kappa shape index (κ1) is 25.4. The molecule has 1 heterocycles. The molecule has 35 heavy (non-hydrogen) atoms. The molecular formula is C26H27N3O6. The van der Waals surface area contributed by atoms with Crippen LogP contribution in [0.1, 0.15) is 25.0 Å². The standard InChI is InChI=1S/C26H27N3O6/c1-17(2)23-25(33)29(21(14-28(23)16-30)19-11-7-4-8-12-19)15-22(31)27-20(24(32)26(34)35)13-18-9-5-3-6-10-18/h3-12,14,16-17,20,23H,13,15H2,1-2H3,(H,27,31)(H,34,35)/t20-,23-/m0/s1. The Bertz CT molecular complexity index is 1130. The molecule has 182 valence electrons. The number of nitrogens with zero attached hydrogens (tertiary/aromatic N) is 2. The number of carboxylic acid groups (broad SMARTS) is 1. The van der Waals surface area contributed by atoms with Gasteiger partial charge < -0.3 is 15.3 Å². The second-order valence-corrected chi connectivity index (χ2v) is 8.53. The van der Waals surface area contributed by atoms with Crippen molar-refractivity contribution >= 4 is 35.7 Å². The van der Waals surface area contributed by atoms with E-state index < -0.39 is 42.2 Å². The molecule has 0 fully saturated rings. The lowest BCUT2D eigenvalue weighted by atomic mass is 9.97. The molecule has 0 saturated carbocycles. The number of aliphatic carboxylic acids is 1. The van der Waals surface area contributed by atoms with Crippen molar-refractivity contribution in [3.05, 3.63) is 78.0 Å². The monoisotopic (exact) mass is 477 g/mol.